The third-order valence-corrected chi connectivity index (χ3v) is 7.51. The van der Waals surface area contributed by atoms with E-state index in [1.54, 1.807) is 12.1 Å². The molecule has 0 aliphatic carbocycles. The molecule has 0 bridgehead atoms. The van der Waals surface area contributed by atoms with Gasteiger partial charge in [-0.2, -0.15) is 4.31 Å². The van der Waals surface area contributed by atoms with E-state index in [0.717, 1.165) is 37.2 Å². The highest BCUT2D eigenvalue weighted by atomic mass is 32.2. The summed E-state index contributed by atoms with van der Waals surface area (Å²) in [6, 6.07) is 3.57. The zero-order chi connectivity index (χ0) is 15.6. The lowest BCUT2D eigenvalue weighted by molar-refractivity contribution is -0.120. The number of hydrogen-bond donors (Lipinski definition) is 2. The molecular weight excluding hydrogens is 322 g/mol. The zero-order valence-electron chi connectivity index (χ0n) is 12.4. The highest BCUT2D eigenvalue weighted by Gasteiger charge is 2.28. The van der Waals surface area contributed by atoms with Crippen molar-refractivity contribution >= 4 is 27.3 Å². The van der Waals surface area contributed by atoms with Gasteiger partial charge in [-0.3, -0.25) is 4.79 Å². The summed E-state index contributed by atoms with van der Waals surface area (Å²) in [6.45, 7) is 2.95. The van der Waals surface area contributed by atoms with Gasteiger partial charge in [-0.25, -0.2) is 8.42 Å². The Morgan fingerprint density at radius 2 is 2.14 bits per heavy atom. The fourth-order valence-corrected chi connectivity index (χ4v) is 5.89. The van der Waals surface area contributed by atoms with Crippen LogP contribution in [0, 0.1) is 0 Å². The predicted molar refractivity (Wildman–Crippen MR) is 85.4 cm³/mol. The highest BCUT2D eigenvalue weighted by molar-refractivity contribution is 7.91. The van der Waals surface area contributed by atoms with Crippen LogP contribution in [-0.4, -0.2) is 50.9 Å². The topological polar surface area (TPSA) is 78.5 Å². The van der Waals surface area contributed by atoms with E-state index in [9.17, 15) is 13.2 Å². The first-order valence-corrected chi connectivity index (χ1v) is 9.90. The molecule has 3 heterocycles. The van der Waals surface area contributed by atoms with E-state index in [4.69, 9.17) is 0 Å². The van der Waals surface area contributed by atoms with Gasteiger partial charge in [-0.15, -0.1) is 11.3 Å². The Morgan fingerprint density at radius 3 is 2.82 bits per heavy atom. The summed E-state index contributed by atoms with van der Waals surface area (Å²) in [5.74, 6) is -0.0410. The Kier molecular flexibility index (Phi) is 4.82. The van der Waals surface area contributed by atoms with E-state index in [-0.39, 0.29) is 18.4 Å². The van der Waals surface area contributed by atoms with Gasteiger partial charge in [0.1, 0.15) is 4.21 Å². The summed E-state index contributed by atoms with van der Waals surface area (Å²) >= 11 is 1.21. The van der Waals surface area contributed by atoms with Crippen LogP contribution in [0.5, 0.6) is 0 Å². The van der Waals surface area contributed by atoms with Gasteiger partial charge >= 0.3 is 0 Å². The molecule has 2 saturated heterocycles. The SMILES string of the molecule is O=C(Cc1ccc(S(=O)(=O)N2CCCC2)s1)NC1CCNC1. The summed E-state index contributed by atoms with van der Waals surface area (Å²) in [7, 11) is -3.37. The molecule has 8 heteroatoms. The van der Waals surface area contributed by atoms with Crippen molar-refractivity contribution in [2.45, 2.75) is 35.9 Å². The van der Waals surface area contributed by atoms with Crippen LogP contribution in [0.25, 0.3) is 0 Å². The average Bonchev–Trinajstić information content (AvgIpc) is 3.21. The minimum Gasteiger partial charge on any atom is -0.352 e. The summed E-state index contributed by atoms with van der Waals surface area (Å²) < 4.78 is 26.8. The fraction of sp³-hybridized carbons (Fsp3) is 0.643. The minimum absolute atomic E-state index is 0.0410. The molecule has 2 N–H and O–H groups in total. The molecule has 1 aromatic rings. The highest BCUT2D eigenvalue weighted by Crippen LogP contribution is 2.27. The standard InChI is InChI=1S/C14H21N3O3S2/c18-13(16-11-5-6-15-10-11)9-12-3-4-14(21-12)22(19,20)17-7-1-2-8-17/h3-4,11,15H,1-2,5-10H2,(H,16,18). The number of nitrogens with one attached hydrogen (secondary N) is 2. The number of rotatable bonds is 5. The van der Waals surface area contributed by atoms with Crippen molar-refractivity contribution in [3.05, 3.63) is 17.0 Å². The van der Waals surface area contributed by atoms with Gasteiger partial charge in [0.25, 0.3) is 10.0 Å². The van der Waals surface area contributed by atoms with Crippen LogP contribution < -0.4 is 10.6 Å². The maximum Gasteiger partial charge on any atom is 0.252 e. The molecule has 0 spiro atoms. The maximum absolute atomic E-state index is 12.4. The van der Waals surface area contributed by atoms with Crippen LogP contribution in [0.1, 0.15) is 24.1 Å². The predicted octanol–water partition coefficient (Wildman–Crippen LogP) is 0.553. The smallest absolute Gasteiger partial charge is 0.252 e. The van der Waals surface area contributed by atoms with E-state index in [2.05, 4.69) is 10.6 Å². The van der Waals surface area contributed by atoms with Gasteiger partial charge in [0.2, 0.25) is 5.91 Å². The van der Waals surface area contributed by atoms with Crippen molar-refractivity contribution in [3.63, 3.8) is 0 Å². The molecule has 0 radical (unpaired) electrons. The molecule has 1 unspecified atom stereocenters. The minimum atomic E-state index is -3.37. The molecule has 2 fully saturated rings. The first-order chi connectivity index (χ1) is 10.6. The Hall–Kier alpha value is -0.960. The molecule has 122 valence electrons. The molecular formula is C14H21N3O3S2. The maximum atomic E-state index is 12.4. The monoisotopic (exact) mass is 343 g/mol. The number of nitrogens with zero attached hydrogens (tertiary/aromatic N) is 1. The van der Waals surface area contributed by atoms with Crippen molar-refractivity contribution in [2.24, 2.45) is 0 Å². The van der Waals surface area contributed by atoms with Crippen LogP contribution >= 0.6 is 11.3 Å². The van der Waals surface area contributed by atoms with Gasteiger partial charge in [0.05, 0.1) is 6.42 Å². The third kappa shape index (κ3) is 3.51. The van der Waals surface area contributed by atoms with E-state index < -0.39 is 10.0 Å². The molecule has 2 aliphatic heterocycles. The molecule has 2 aliphatic rings. The van der Waals surface area contributed by atoms with Crippen molar-refractivity contribution < 1.29 is 13.2 Å². The van der Waals surface area contributed by atoms with E-state index in [0.29, 0.717) is 17.3 Å². The van der Waals surface area contributed by atoms with Crippen molar-refractivity contribution in [2.75, 3.05) is 26.2 Å². The first kappa shape index (κ1) is 15.9. The Labute approximate surface area is 134 Å². The molecule has 22 heavy (non-hydrogen) atoms. The van der Waals surface area contributed by atoms with Crippen molar-refractivity contribution in [1.82, 2.24) is 14.9 Å². The van der Waals surface area contributed by atoms with Gasteiger partial charge in [-0.05, 0) is 37.9 Å². The Balaban J connectivity index is 1.62. The second kappa shape index (κ2) is 6.66. The Morgan fingerprint density at radius 1 is 1.36 bits per heavy atom. The van der Waals surface area contributed by atoms with Gasteiger partial charge < -0.3 is 10.6 Å². The van der Waals surface area contributed by atoms with Crippen LogP contribution in [0.2, 0.25) is 0 Å². The van der Waals surface area contributed by atoms with E-state index in [1.165, 1.54) is 15.6 Å². The van der Waals surface area contributed by atoms with Gasteiger partial charge in [0, 0.05) is 30.6 Å². The quantitative estimate of drug-likeness (QED) is 0.819. The average molecular weight is 343 g/mol. The second-order valence-corrected chi connectivity index (χ2v) is 9.10. The third-order valence-electron chi connectivity index (χ3n) is 4.06. The number of carbonyl (C=O) groups excluding carboxylic acids is 1. The molecule has 1 aromatic heterocycles. The molecule has 1 atom stereocenters. The van der Waals surface area contributed by atoms with Crippen LogP contribution in [0.15, 0.2) is 16.3 Å². The van der Waals surface area contributed by atoms with Gasteiger partial charge in [0.15, 0.2) is 0 Å². The largest absolute Gasteiger partial charge is 0.352 e. The lowest BCUT2D eigenvalue weighted by Crippen LogP contribution is -2.36. The molecule has 6 nitrogen and oxygen atoms in total. The number of thiophene rings is 1. The summed E-state index contributed by atoms with van der Waals surface area (Å²) in [5, 5.41) is 6.18. The molecule has 1 amide bonds. The molecule has 0 saturated carbocycles. The fourth-order valence-electron chi connectivity index (χ4n) is 2.86. The summed E-state index contributed by atoms with van der Waals surface area (Å²) in [5.41, 5.74) is 0. The number of carbonyl (C=O) groups is 1. The van der Waals surface area contributed by atoms with Crippen molar-refractivity contribution in [1.29, 1.82) is 0 Å². The lowest BCUT2D eigenvalue weighted by atomic mass is 10.2. The van der Waals surface area contributed by atoms with Gasteiger partial charge in [-0.1, -0.05) is 0 Å². The van der Waals surface area contributed by atoms with E-state index in [1.807, 2.05) is 0 Å². The zero-order valence-corrected chi connectivity index (χ0v) is 14.0. The number of amides is 1. The Bertz CT molecular complexity index is 630. The number of hydrogen-bond acceptors (Lipinski definition) is 5. The summed E-state index contributed by atoms with van der Waals surface area (Å²) in [6.07, 6.45) is 3.05. The van der Waals surface area contributed by atoms with Crippen LogP contribution in [0.3, 0.4) is 0 Å². The van der Waals surface area contributed by atoms with Crippen molar-refractivity contribution in [3.8, 4) is 0 Å². The normalized spacial score (nSPS) is 23.0. The molecule has 3 rings (SSSR count). The van der Waals surface area contributed by atoms with Crippen LogP contribution in [0.4, 0.5) is 0 Å². The molecule has 0 aromatic carbocycles. The van der Waals surface area contributed by atoms with Crippen LogP contribution in [-0.2, 0) is 21.2 Å². The lowest BCUT2D eigenvalue weighted by Gasteiger charge is -2.13. The summed E-state index contributed by atoms with van der Waals surface area (Å²) in [4.78, 5) is 12.8. The number of sulfonamides is 1. The van der Waals surface area contributed by atoms with E-state index >= 15 is 0 Å². The second-order valence-electron chi connectivity index (χ2n) is 5.77. The first-order valence-electron chi connectivity index (χ1n) is 7.64.